The molecule has 0 saturated carbocycles. The number of nitrogens with zero attached hydrogens (tertiary/aromatic N) is 3. The fourth-order valence-electron chi connectivity index (χ4n) is 5.51. The van der Waals surface area contributed by atoms with Crippen molar-refractivity contribution in [2.75, 3.05) is 34.4 Å². The van der Waals surface area contributed by atoms with Gasteiger partial charge in [-0.1, -0.05) is 39.7 Å². The molecule has 0 aliphatic carbocycles. The molecule has 0 amide bonds. The lowest BCUT2D eigenvalue weighted by Crippen LogP contribution is -2.34. The summed E-state index contributed by atoms with van der Waals surface area (Å²) >= 11 is 0. The van der Waals surface area contributed by atoms with Gasteiger partial charge in [0.05, 0.1) is 32.5 Å². The zero-order valence-corrected chi connectivity index (χ0v) is 24.3. The first-order valence-corrected chi connectivity index (χ1v) is 13.8. The number of fused-ring (bicyclic) bond motifs is 1. The number of aromatic hydroxyl groups is 1. The summed E-state index contributed by atoms with van der Waals surface area (Å²) in [5.74, 6) is 1.60. The summed E-state index contributed by atoms with van der Waals surface area (Å²) in [5.41, 5.74) is 2.12. The zero-order valence-electron chi connectivity index (χ0n) is 24.3. The molecule has 0 bridgehead atoms. The van der Waals surface area contributed by atoms with Crippen molar-refractivity contribution in [1.82, 2.24) is 9.88 Å². The minimum atomic E-state index is -0.869. The van der Waals surface area contributed by atoms with Crippen LogP contribution in [0.2, 0.25) is 0 Å². The van der Waals surface area contributed by atoms with Gasteiger partial charge in [0, 0.05) is 23.9 Å². The van der Waals surface area contributed by atoms with E-state index in [0.29, 0.717) is 18.7 Å². The number of hydrogen-bond donors (Lipinski definition) is 1. The third kappa shape index (κ3) is 6.08. The molecule has 1 aliphatic heterocycles. The van der Waals surface area contributed by atoms with Crippen LogP contribution in [-0.2, 0) is 28.8 Å². The van der Waals surface area contributed by atoms with Crippen LogP contribution in [0.1, 0.15) is 82.2 Å². The Bertz CT molecular complexity index is 1130. The van der Waals surface area contributed by atoms with Crippen molar-refractivity contribution < 1.29 is 19.3 Å². The summed E-state index contributed by atoms with van der Waals surface area (Å²) < 4.78 is 16.9. The van der Waals surface area contributed by atoms with E-state index >= 15 is 0 Å². The number of methoxy groups -OCH3 is 2. The topological polar surface area (TPSA) is 87.8 Å². The SMILES string of the molecule is CCCCC1(C)OCc2c1cnc(C(C#N)(CCCN(C)CCc1ccc(OC)c(OC)c1)C(C)C)c2O. The third-order valence-electron chi connectivity index (χ3n) is 8.22. The third-order valence-corrected chi connectivity index (χ3v) is 8.22. The van der Waals surface area contributed by atoms with Crippen molar-refractivity contribution in [2.24, 2.45) is 5.92 Å². The van der Waals surface area contributed by atoms with Gasteiger partial charge in [0.1, 0.15) is 16.9 Å². The van der Waals surface area contributed by atoms with Crippen molar-refractivity contribution in [3.8, 4) is 23.3 Å². The van der Waals surface area contributed by atoms with Crippen LogP contribution in [0.5, 0.6) is 17.2 Å². The van der Waals surface area contributed by atoms with E-state index in [1.165, 1.54) is 5.56 Å². The van der Waals surface area contributed by atoms with Crippen molar-refractivity contribution in [1.29, 1.82) is 5.26 Å². The molecule has 3 rings (SSSR count). The molecule has 208 valence electrons. The second-order valence-electron chi connectivity index (χ2n) is 11.1. The summed E-state index contributed by atoms with van der Waals surface area (Å²) in [6.45, 7) is 10.4. The van der Waals surface area contributed by atoms with Gasteiger partial charge in [-0.05, 0) is 69.8 Å². The Balaban J connectivity index is 1.69. The van der Waals surface area contributed by atoms with Gasteiger partial charge in [-0.3, -0.25) is 4.98 Å². The van der Waals surface area contributed by atoms with Crippen LogP contribution in [0.25, 0.3) is 0 Å². The molecular formula is C31H45N3O4. The smallest absolute Gasteiger partial charge is 0.160 e. The van der Waals surface area contributed by atoms with Crippen LogP contribution in [0.3, 0.4) is 0 Å². The van der Waals surface area contributed by atoms with Crippen LogP contribution < -0.4 is 9.47 Å². The van der Waals surface area contributed by atoms with Crippen LogP contribution in [0.15, 0.2) is 24.4 Å². The Morgan fingerprint density at radius 2 is 1.95 bits per heavy atom. The summed E-state index contributed by atoms with van der Waals surface area (Å²) in [7, 11) is 5.39. The highest BCUT2D eigenvalue weighted by molar-refractivity contribution is 5.50. The fraction of sp³-hybridized carbons (Fsp3) is 0.613. The molecule has 2 unspecified atom stereocenters. The molecule has 7 nitrogen and oxygen atoms in total. The highest BCUT2D eigenvalue weighted by atomic mass is 16.5. The van der Waals surface area contributed by atoms with E-state index in [4.69, 9.17) is 19.2 Å². The van der Waals surface area contributed by atoms with E-state index in [0.717, 1.165) is 67.8 Å². The Kier molecular flexibility index (Phi) is 10.0. The van der Waals surface area contributed by atoms with Gasteiger partial charge in [-0.15, -0.1) is 0 Å². The first kappa shape index (κ1) is 29.7. The van der Waals surface area contributed by atoms with E-state index in [-0.39, 0.29) is 11.7 Å². The maximum absolute atomic E-state index is 11.4. The van der Waals surface area contributed by atoms with E-state index in [1.54, 1.807) is 14.2 Å². The van der Waals surface area contributed by atoms with E-state index in [2.05, 4.69) is 37.9 Å². The summed E-state index contributed by atoms with van der Waals surface area (Å²) in [6, 6.07) is 8.58. The molecule has 2 atom stereocenters. The maximum atomic E-state index is 11.4. The number of likely N-dealkylation sites (N-methyl/N-ethyl adjacent to an activating group) is 1. The molecule has 0 saturated heterocycles. The Morgan fingerprint density at radius 1 is 1.21 bits per heavy atom. The van der Waals surface area contributed by atoms with Crippen LogP contribution >= 0.6 is 0 Å². The van der Waals surface area contributed by atoms with Gasteiger partial charge in [0.2, 0.25) is 0 Å². The second-order valence-corrected chi connectivity index (χ2v) is 11.1. The van der Waals surface area contributed by atoms with E-state index < -0.39 is 11.0 Å². The van der Waals surface area contributed by atoms with Crippen molar-refractivity contribution >= 4 is 0 Å². The van der Waals surface area contributed by atoms with Gasteiger partial charge in [-0.25, -0.2) is 0 Å². The number of pyridine rings is 1. The van der Waals surface area contributed by atoms with Crippen molar-refractivity contribution in [2.45, 2.75) is 83.8 Å². The van der Waals surface area contributed by atoms with Gasteiger partial charge in [-0.2, -0.15) is 5.26 Å². The zero-order chi connectivity index (χ0) is 27.9. The van der Waals surface area contributed by atoms with Gasteiger partial charge < -0.3 is 24.2 Å². The number of hydrogen-bond acceptors (Lipinski definition) is 7. The average Bonchev–Trinajstić information content (AvgIpc) is 3.26. The Labute approximate surface area is 228 Å². The maximum Gasteiger partial charge on any atom is 0.160 e. The molecule has 0 fully saturated rings. The molecule has 0 radical (unpaired) electrons. The lowest BCUT2D eigenvalue weighted by atomic mass is 9.71. The molecule has 0 spiro atoms. The van der Waals surface area contributed by atoms with E-state index in [1.807, 2.05) is 32.2 Å². The van der Waals surface area contributed by atoms with Crippen molar-refractivity contribution in [3.63, 3.8) is 0 Å². The standard InChI is InChI=1S/C31H45N3O4/c1-8-9-14-30(4)25-19-33-29(28(35)24(25)20-38-30)31(21-32,22(2)3)15-10-16-34(5)17-13-23-11-12-26(36-6)27(18-23)37-7/h11-12,18-19,22,35H,8-10,13-17,20H2,1-7H3. The van der Waals surface area contributed by atoms with Crippen molar-refractivity contribution in [3.05, 3.63) is 46.8 Å². The predicted molar refractivity (Wildman–Crippen MR) is 150 cm³/mol. The largest absolute Gasteiger partial charge is 0.506 e. The molecule has 1 aromatic carbocycles. The minimum absolute atomic E-state index is 0.00480. The number of unbranched alkanes of at least 4 members (excludes halogenated alkanes) is 1. The lowest BCUT2D eigenvalue weighted by Gasteiger charge is -2.32. The average molecular weight is 524 g/mol. The van der Waals surface area contributed by atoms with Gasteiger partial charge in [0.15, 0.2) is 11.5 Å². The van der Waals surface area contributed by atoms with Crippen LogP contribution in [0.4, 0.5) is 0 Å². The highest BCUT2D eigenvalue weighted by Crippen LogP contribution is 2.48. The second kappa shape index (κ2) is 12.8. The first-order valence-electron chi connectivity index (χ1n) is 13.8. The molecular weight excluding hydrogens is 478 g/mol. The normalized spacial score (nSPS) is 18.3. The quantitative estimate of drug-likeness (QED) is 0.319. The number of benzene rings is 1. The molecule has 1 N–H and O–H groups in total. The number of aromatic nitrogens is 1. The number of nitriles is 1. The van der Waals surface area contributed by atoms with E-state index in [9.17, 15) is 10.4 Å². The Hall–Kier alpha value is -2.82. The predicted octanol–water partition coefficient (Wildman–Crippen LogP) is 6.11. The molecule has 2 aromatic rings. The molecule has 2 heterocycles. The first-order chi connectivity index (χ1) is 18.2. The molecule has 1 aliphatic rings. The van der Waals surface area contributed by atoms with Crippen LogP contribution in [0, 0.1) is 17.2 Å². The summed E-state index contributed by atoms with van der Waals surface area (Å²) in [5, 5.41) is 21.8. The lowest BCUT2D eigenvalue weighted by molar-refractivity contribution is -0.0312. The summed E-state index contributed by atoms with van der Waals surface area (Å²) in [4.78, 5) is 7.01. The fourth-order valence-corrected chi connectivity index (χ4v) is 5.51. The van der Waals surface area contributed by atoms with Gasteiger partial charge in [0.25, 0.3) is 0 Å². The highest BCUT2D eigenvalue weighted by Gasteiger charge is 2.44. The minimum Gasteiger partial charge on any atom is -0.506 e. The summed E-state index contributed by atoms with van der Waals surface area (Å²) in [6.07, 6.45) is 7.18. The molecule has 38 heavy (non-hydrogen) atoms. The molecule has 1 aromatic heterocycles. The van der Waals surface area contributed by atoms with Crippen LogP contribution in [-0.4, -0.2) is 49.3 Å². The molecule has 7 heteroatoms. The monoisotopic (exact) mass is 523 g/mol. The van der Waals surface area contributed by atoms with Gasteiger partial charge >= 0.3 is 0 Å². The number of rotatable bonds is 14. The number of ether oxygens (including phenoxy) is 3. The Morgan fingerprint density at radius 3 is 2.58 bits per heavy atom.